The Balaban J connectivity index is 1.28. The van der Waals surface area contributed by atoms with Crippen LogP contribution in [0.2, 0.25) is 0 Å². The van der Waals surface area contributed by atoms with Crippen LogP contribution in [0.25, 0.3) is 38.5 Å². The Hall–Kier alpha value is -4.36. The predicted octanol–water partition coefficient (Wildman–Crippen LogP) is 9.35. The van der Waals surface area contributed by atoms with Crippen molar-refractivity contribution in [1.29, 1.82) is 0 Å². The Kier molecular flexibility index (Phi) is 4.54. The summed E-state index contributed by atoms with van der Waals surface area (Å²) in [5.41, 5.74) is 10.8. The summed E-state index contributed by atoms with van der Waals surface area (Å²) in [6.07, 6.45) is 17.2. The third kappa shape index (κ3) is 3.10. The average molecular weight is 474 g/mol. The molecule has 176 valence electrons. The van der Waals surface area contributed by atoms with E-state index in [1.54, 1.807) is 0 Å². The maximum Gasteiger partial charge on any atom is 0.0560 e. The molecule has 8 rings (SSSR count). The predicted molar refractivity (Wildman–Crippen MR) is 156 cm³/mol. The van der Waals surface area contributed by atoms with Gasteiger partial charge in [-0.2, -0.15) is 0 Å². The van der Waals surface area contributed by atoms with E-state index in [9.17, 15) is 0 Å². The normalized spacial score (nSPS) is 21.5. The van der Waals surface area contributed by atoms with E-state index < -0.39 is 0 Å². The standard InChI is InChI=1S/C36H27N/c1-2-10-26(11-3-1)37-35-17-9-8-16-32(35)34-23-25(19-21-36(34)37)24-18-20-31-29-14-5-4-12-27(29)28-13-6-7-15-30(28)33(31)22-24/h1-10,12-23,26,31,33H,11H2. The van der Waals surface area contributed by atoms with Crippen LogP contribution in [0.1, 0.15) is 41.0 Å². The minimum Gasteiger partial charge on any atom is -0.333 e. The molecule has 0 spiro atoms. The average Bonchev–Trinajstić information content (AvgIpc) is 3.31. The fourth-order valence-corrected chi connectivity index (χ4v) is 6.82. The van der Waals surface area contributed by atoms with Gasteiger partial charge in [-0.1, -0.05) is 115 Å². The molecule has 4 aromatic carbocycles. The summed E-state index contributed by atoms with van der Waals surface area (Å²) in [4.78, 5) is 0. The molecular weight excluding hydrogens is 446 g/mol. The molecule has 1 nitrogen and oxygen atoms in total. The third-order valence-electron chi connectivity index (χ3n) is 8.49. The fourth-order valence-electron chi connectivity index (χ4n) is 6.82. The van der Waals surface area contributed by atoms with Crippen molar-refractivity contribution in [3.05, 3.63) is 150 Å². The lowest BCUT2D eigenvalue weighted by molar-refractivity contribution is 0.648. The van der Waals surface area contributed by atoms with Gasteiger partial charge in [0.05, 0.1) is 6.04 Å². The lowest BCUT2D eigenvalue weighted by Crippen LogP contribution is -2.17. The van der Waals surface area contributed by atoms with Gasteiger partial charge < -0.3 is 4.57 Å². The molecule has 3 aliphatic carbocycles. The van der Waals surface area contributed by atoms with Crippen molar-refractivity contribution in [2.45, 2.75) is 24.3 Å². The van der Waals surface area contributed by atoms with E-state index in [2.05, 4.69) is 138 Å². The first-order chi connectivity index (χ1) is 18.4. The summed E-state index contributed by atoms with van der Waals surface area (Å²) in [6, 6.07) is 34.2. The fraction of sp³-hybridized carbons (Fsp3) is 0.111. The number of hydrogen-bond donors (Lipinski definition) is 0. The molecule has 0 saturated heterocycles. The van der Waals surface area contributed by atoms with Crippen molar-refractivity contribution in [2.75, 3.05) is 0 Å². The first kappa shape index (κ1) is 20.8. The summed E-state index contributed by atoms with van der Waals surface area (Å²) >= 11 is 0. The van der Waals surface area contributed by atoms with Gasteiger partial charge in [0.25, 0.3) is 0 Å². The third-order valence-corrected chi connectivity index (χ3v) is 8.49. The number of rotatable bonds is 2. The molecule has 5 aromatic rings. The van der Waals surface area contributed by atoms with Crippen LogP contribution in [0, 0.1) is 0 Å². The molecule has 37 heavy (non-hydrogen) atoms. The number of aromatic nitrogens is 1. The number of fused-ring (bicyclic) bond motifs is 9. The largest absolute Gasteiger partial charge is 0.333 e. The molecular formula is C36H27N. The van der Waals surface area contributed by atoms with Crippen molar-refractivity contribution < 1.29 is 0 Å². The van der Waals surface area contributed by atoms with Gasteiger partial charge in [-0.3, -0.25) is 0 Å². The van der Waals surface area contributed by atoms with E-state index in [-0.39, 0.29) is 0 Å². The SMILES string of the molecule is C1=CCC(n2c3ccccc3c3cc(C4=CC5c6ccccc6-c6ccccc6C5C=C4)ccc32)C=C1. The van der Waals surface area contributed by atoms with E-state index in [0.717, 1.165) is 6.42 Å². The zero-order valence-electron chi connectivity index (χ0n) is 20.6. The van der Waals surface area contributed by atoms with Crippen LogP contribution in [-0.4, -0.2) is 4.57 Å². The van der Waals surface area contributed by atoms with Crippen LogP contribution in [0.3, 0.4) is 0 Å². The van der Waals surface area contributed by atoms with Crippen LogP contribution in [0.15, 0.2) is 134 Å². The molecule has 3 aliphatic rings. The van der Waals surface area contributed by atoms with Gasteiger partial charge >= 0.3 is 0 Å². The molecule has 3 atom stereocenters. The maximum atomic E-state index is 2.52. The van der Waals surface area contributed by atoms with Gasteiger partial charge in [-0.05, 0) is 58.0 Å². The van der Waals surface area contributed by atoms with E-state index >= 15 is 0 Å². The minimum atomic E-state index is 0.349. The number of para-hydroxylation sites is 1. The lowest BCUT2D eigenvalue weighted by Gasteiger charge is -2.35. The molecule has 0 N–H and O–H groups in total. The molecule has 0 bridgehead atoms. The quantitative estimate of drug-likeness (QED) is 0.241. The highest BCUT2D eigenvalue weighted by Gasteiger charge is 2.32. The Labute approximate surface area is 217 Å². The molecule has 1 heterocycles. The smallest absolute Gasteiger partial charge is 0.0560 e. The second kappa shape index (κ2) is 8.08. The van der Waals surface area contributed by atoms with Gasteiger partial charge in [0.2, 0.25) is 0 Å². The summed E-state index contributed by atoms with van der Waals surface area (Å²) in [5.74, 6) is 0.731. The topological polar surface area (TPSA) is 4.93 Å². The van der Waals surface area contributed by atoms with Gasteiger partial charge in [0.1, 0.15) is 0 Å². The van der Waals surface area contributed by atoms with Gasteiger partial charge in [0, 0.05) is 33.6 Å². The molecule has 0 aliphatic heterocycles. The number of hydrogen-bond acceptors (Lipinski definition) is 0. The zero-order valence-corrected chi connectivity index (χ0v) is 20.6. The van der Waals surface area contributed by atoms with Crippen molar-refractivity contribution in [3.8, 4) is 11.1 Å². The summed E-state index contributed by atoms with van der Waals surface area (Å²) in [7, 11) is 0. The zero-order chi connectivity index (χ0) is 24.3. The van der Waals surface area contributed by atoms with Crippen LogP contribution < -0.4 is 0 Å². The molecule has 0 radical (unpaired) electrons. The second-order valence-electron chi connectivity index (χ2n) is 10.4. The minimum absolute atomic E-state index is 0.349. The Morgan fingerprint density at radius 1 is 0.622 bits per heavy atom. The van der Waals surface area contributed by atoms with Gasteiger partial charge in [-0.15, -0.1) is 0 Å². The summed E-state index contributed by atoms with van der Waals surface area (Å²) in [6.45, 7) is 0. The van der Waals surface area contributed by atoms with Crippen LogP contribution >= 0.6 is 0 Å². The highest BCUT2D eigenvalue weighted by Crippen LogP contribution is 2.51. The Morgan fingerprint density at radius 2 is 1.35 bits per heavy atom. The molecule has 1 aromatic heterocycles. The van der Waals surface area contributed by atoms with Crippen molar-refractivity contribution >= 4 is 27.4 Å². The second-order valence-corrected chi connectivity index (χ2v) is 10.4. The molecule has 0 fully saturated rings. The highest BCUT2D eigenvalue weighted by atomic mass is 15.0. The molecule has 0 amide bonds. The van der Waals surface area contributed by atoms with Crippen molar-refractivity contribution in [2.24, 2.45) is 0 Å². The Bertz CT molecular complexity index is 1820. The van der Waals surface area contributed by atoms with Crippen LogP contribution in [-0.2, 0) is 0 Å². The van der Waals surface area contributed by atoms with Crippen molar-refractivity contribution in [1.82, 2.24) is 4.57 Å². The van der Waals surface area contributed by atoms with Gasteiger partial charge in [-0.25, -0.2) is 0 Å². The van der Waals surface area contributed by atoms with Crippen LogP contribution in [0.4, 0.5) is 0 Å². The molecule has 0 saturated carbocycles. The maximum absolute atomic E-state index is 2.52. The number of allylic oxidation sites excluding steroid dienone is 8. The summed E-state index contributed by atoms with van der Waals surface area (Å²) in [5, 5.41) is 2.67. The first-order valence-corrected chi connectivity index (χ1v) is 13.3. The number of benzene rings is 4. The summed E-state index contributed by atoms with van der Waals surface area (Å²) < 4.78 is 2.52. The Morgan fingerprint density at radius 3 is 2.16 bits per heavy atom. The van der Waals surface area contributed by atoms with E-state index in [0.29, 0.717) is 17.9 Å². The lowest BCUT2D eigenvalue weighted by atomic mass is 9.69. The van der Waals surface area contributed by atoms with Crippen molar-refractivity contribution in [3.63, 3.8) is 0 Å². The van der Waals surface area contributed by atoms with Gasteiger partial charge in [0.15, 0.2) is 0 Å². The van der Waals surface area contributed by atoms with E-state index in [1.807, 2.05) is 0 Å². The number of nitrogens with zero attached hydrogens (tertiary/aromatic N) is 1. The highest BCUT2D eigenvalue weighted by molar-refractivity contribution is 6.09. The first-order valence-electron chi connectivity index (χ1n) is 13.3. The molecule has 1 heteroatoms. The van der Waals surface area contributed by atoms with E-state index in [1.165, 1.54) is 55.2 Å². The van der Waals surface area contributed by atoms with Crippen LogP contribution in [0.5, 0.6) is 0 Å². The van der Waals surface area contributed by atoms with E-state index in [4.69, 9.17) is 0 Å². The molecule has 3 unspecified atom stereocenters. The monoisotopic (exact) mass is 473 g/mol.